The maximum Gasteiger partial charge on any atom is 0.258 e. The lowest BCUT2D eigenvalue weighted by Gasteiger charge is -2.16. The summed E-state index contributed by atoms with van der Waals surface area (Å²) < 4.78 is 11.6. The maximum atomic E-state index is 13.2. The van der Waals surface area contributed by atoms with Crippen LogP contribution in [0.15, 0.2) is 66.7 Å². The van der Waals surface area contributed by atoms with E-state index in [2.05, 4.69) is 16.0 Å². The maximum absolute atomic E-state index is 13.2. The highest BCUT2D eigenvalue weighted by molar-refractivity contribution is 6.37. The average Bonchev–Trinajstić information content (AvgIpc) is 3.17. The summed E-state index contributed by atoms with van der Waals surface area (Å²) in [6.07, 6.45) is 0. The summed E-state index contributed by atoms with van der Waals surface area (Å²) in [5.41, 5.74) is 5.31. The van der Waals surface area contributed by atoms with Crippen molar-refractivity contribution in [2.24, 2.45) is 0 Å². The Morgan fingerprint density at radius 1 is 0.914 bits per heavy atom. The first-order valence-electron chi connectivity index (χ1n) is 11.7. The number of carbonyl (C=O) groups is 2. The van der Waals surface area contributed by atoms with Gasteiger partial charge in [0.25, 0.3) is 5.91 Å². The van der Waals surface area contributed by atoms with Gasteiger partial charge in [0.05, 0.1) is 30.2 Å². The quantitative estimate of drug-likeness (QED) is 0.380. The van der Waals surface area contributed by atoms with Gasteiger partial charge < -0.3 is 25.4 Å². The van der Waals surface area contributed by atoms with Gasteiger partial charge in [-0.25, -0.2) is 0 Å². The normalized spacial score (nSPS) is 13.5. The van der Waals surface area contributed by atoms with Gasteiger partial charge in [-0.15, -0.1) is 0 Å². The molecule has 3 aromatic rings. The number of amides is 2. The van der Waals surface area contributed by atoms with Crippen molar-refractivity contribution in [1.29, 1.82) is 0 Å². The van der Waals surface area contributed by atoms with Crippen LogP contribution in [0.25, 0.3) is 11.3 Å². The second-order valence-corrected chi connectivity index (χ2v) is 8.01. The molecule has 1 aliphatic rings. The van der Waals surface area contributed by atoms with Crippen molar-refractivity contribution in [2.45, 2.75) is 27.3 Å². The third-order valence-corrected chi connectivity index (χ3v) is 5.51. The molecule has 4 rings (SSSR count). The Morgan fingerprint density at radius 2 is 1.57 bits per heavy atom. The van der Waals surface area contributed by atoms with Gasteiger partial charge in [-0.1, -0.05) is 42.5 Å². The number of nitrogens with one attached hydrogen (secondary N) is 3. The zero-order valence-corrected chi connectivity index (χ0v) is 20.1. The Morgan fingerprint density at radius 3 is 2.20 bits per heavy atom. The summed E-state index contributed by atoms with van der Waals surface area (Å²) in [6.45, 7) is 6.74. The van der Waals surface area contributed by atoms with Crippen molar-refractivity contribution in [3.05, 3.63) is 83.4 Å². The van der Waals surface area contributed by atoms with Gasteiger partial charge in [0.2, 0.25) is 5.91 Å². The standard InChI is InChI=1S/C28H29N3O4/c1-4-34-24-15-22-23(16-25(24)35-5-2)31-28(33)26(22)27(20-9-7-6-8-10-20)30-21-13-11-19(12-14-21)17-29-18(3)32/h6-16,30H,4-5,17H2,1-3H3,(H,29,32)(H,31,33). The summed E-state index contributed by atoms with van der Waals surface area (Å²) in [5.74, 6) is 0.910. The van der Waals surface area contributed by atoms with Gasteiger partial charge in [0.15, 0.2) is 11.5 Å². The van der Waals surface area contributed by atoms with Crippen LogP contribution in [0.3, 0.4) is 0 Å². The lowest BCUT2D eigenvalue weighted by molar-refractivity contribution is -0.119. The van der Waals surface area contributed by atoms with Crippen molar-refractivity contribution in [3.63, 3.8) is 0 Å². The van der Waals surface area contributed by atoms with E-state index in [9.17, 15) is 9.59 Å². The molecule has 0 bridgehead atoms. The van der Waals surface area contributed by atoms with E-state index in [4.69, 9.17) is 9.47 Å². The number of carbonyl (C=O) groups excluding carboxylic acids is 2. The van der Waals surface area contributed by atoms with Gasteiger partial charge in [-0.05, 0) is 43.2 Å². The Labute approximate surface area is 205 Å². The molecule has 7 nitrogen and oxygen atoms in total. The smallest absolute Gasteiger partial charge is 0.258 e. The van der Waals surface area contributed by atoms with E-state index in [0.717, 1.165) is 22.4 Å². The lowest BCUT2D eigenvalue weighted by atomic mass is 9.99. The van der Waals surface area contributed by atoms with Gasteiger partial charge >= 0.3 is 0 Å². The van der Waals surface area contributed by atoms with Crippen LogP contribution >= 0.6 is 0 Å². The molecule has 0 atom stereocenters. The molecule has 2 amide bonds. The minimum absolute atomic E-state index is 0.0758. The molecule has 180 valence electrons. The third kappa shape index (κ3) is 5.46. The van der Waals surface area contributed by atoms with Crippen molar-refractivity contribution < 1.29 is 19.1 Å². The number of benzene rings is 3. The first-order valence-corrected chi connectivity index (χ1v) is 11.7. The van der Waals surface area contributed by atoms with E-state index in [1.165, 1.54) is 6.92 Å². The number of rotatable bonds is 9. The molecular formula is C28H29N3O4. The summed E-state index contributed by atoms with van der Waals surface area (Å²) in [5, 5.41) is 9.22. The van der Waals surface area contributed by atoms with Crippen LogP contribution in [0, 0.1) is 0 Å². The molecule has 7 heteroatoms. The number of fused-ring (bicyclic) bond motifs is 1. The highest BCUT2D eigenvalue weighted by Crippen LogP contribution is 2.43. The molecule has 0 spiro atoms. The fourth-order valence-electron chi connectivity index (χ4n) is 3.92. The Bertz CT molecular complexity index is 1250. The van der Waals surface area contributed by atoms with Crippen LogP contribution in [0.4, 0.5) is 11.4 Å². The minimum atomic E-state index is -0.204. The van der Waals surface area contributed by atoms with E-state index in [-0.39, 0.29) is 11.8 Å². The van der Waals surface area contributed by atoms with Gasteiger partial charge in [-0.2, -0.15) is 0 Å². The molecule has 1 aliphatic heterocycles. The molecule has 35 heavy (non-hydrogen) atoms. The molecule has 0 radical (unpaired) electrons. The first-order chi connectivity index (χ1) is 17.0. The topological polar surface area (TPSA) is 88.7 Å². The van der Waals surface area contributed by atoms with Crippen LogP contribution in [0.5, 0.6) is 11.5 Å². The van der Waals surface area contributed by atoms with E-state index in [0.29, 0.717) is 48.2 Å². The Balaban J connectivity index is 1.78. The lowest BCUT2D eigenvalue weighted by Crippen LogP contribution is -2.18. The van der Waals surface area contributed by atoms with Gasteiger partial charge in [-0.3, -0.25) is 9.59 Å². The van der Waals surface area contributed by atoms with Crippen LogP contribution in [0.1, 0.15) is 37.5 Å². The van der Waals surface area contributed by atoms with Crippen molar-refractivity contribution >= 4 is 34.5 Å². The molecule has 3 N–H and O–H groups in total. The van der Waals surface area contributed by atoms with Gasteiger partial charge in [0.1, 0.15) is 0 Å². The third-order valence-electron chi connectivity index (χ3n) is 5.51. The van der Waals surface area contributed by atoms with Crippen LogP contribution in [-0.4, -0.2) is 25.0 Å². The predicted octanol–water partition coefficient (Wildman–Crippen LogP) is 5.05. The summed E-state index contributed by atoms with van der Waals surface area (Å²) in [7, 11) is 0. The molecular weight excluding hydrogens is 442 g/mol. The fourth-order valence-corrected chi connectivity index (χ4v) is 3.92. The van der Waals surface area contributed by atoms with Gasteiger partial charge in [0, 0.05) is 30.8 Å². The summed E-state index contributed by atoms with van der Waals surface area (Å²) >= 11 is 0. The van der Waals surface area contributed by atoms with Crippen molar-refractivity contribution in [3.8, 4) is 11.5 Å². The van der Waals surface area contributed by atoms with Crippen LogP contribution in [-0.2, 0) is 16.1 Å². The number of ether oxygens (including phenoxy) is 2. The number of anilines is 2. The SMILES string of the molecule is CCOc1cc2c(cc1OCC)C(=C(Nc1ccc(CNC(C)=O)cc1)c1ccccc1)C(=O)N2. The minimum Gasteiger partial charge on any atom is -0.490 e. The molecule has 0 fully saturated rings. The fraction of sp³-hybridized carbons (Fsp3) is 0.214. The monoisotopic (exact) mass is 471 g/mol. The summed E-state index contributed by atoms with van der Waals surface area (Å²) in [6, 6.07) is 21.1. The van der Waals surface area contributed by atoms with Crippen molar-refractivity contribution in [1.82, 2.24) is 5.32 Å². The number of hydrogen-bond donors (Lipinski definition) is 3. The van der Waals surface area contributed by atoms with E-state index >= 15 is 0 Å². The van der Waals surface area contributed by atoms with E-state index < -0.39 is 0 Å². The second-order valence-electron chi connectivity index (χ2n) is 8.01. The zero-order chi connectivity index (χ0) is 24.8. The summed E-state index contributed by atoms with van der Waals surface area (Å²) in [4.78, 5) is 24.4. The first kappa shape index (κ1) is 23.9. The van der Waals surface area contributed by atoms with Crippen LogP contribution in [0.2, 0.25) is 0 Å². The molecule has 0 unspecified atom stereocenters. The zero-order valence-electron chi connectivity index (χ0n) is 20.1. The molecule has 0 saturated heterocycles. The largest absolute Gasteiger partial charge is 0.490 e. The highest BCUT2D eigenvalue weighted by atomic mass is 16.5. The average molecular weight is 472 g/mol. The Hall–Kier alpha value is -4.26. The second kappa shape index (κ2) is 10.8. The molecule has 0 aliphatic carbocycles. The predicted molar refractivity (Wildman–Crippen MR) is 138 cm³/mol. The molecule has 0 aromatic heterocycles. The number of hydrogen-bond acceptors (Lipinski definition) is 5. The molecule has 3 aromatic carbocycles. The van der Waals surface area contributed by atoms with Crippen molar-refractivity contribution in [2.75, 3.05) is 23.8 Å². The Kier molecular flexibility index (Phi) is 7.35. The van der Waals surface area contributed by atoms with E-state index in [1.54, 1.807) is 0 Å². The highest BCUT2D eigenvalue weighted by Gasteiger charge is 2.30. The van der Waals surface area contributed by atoms with E-state index in [1.807, 2.05) is 80.6 Å². The van der Waals surface area contributed by atoms with Crippen LogP contribution < -0.4 is 25.4 Å². The molecule has 0 saturated carbocycles. The molecule has 1 heterocycles.